The van der Waals surface area contributed by atoms with Gasteiger partial charge >= 0.3 is 11.9 Å². The summed E-state index contributed by atoms with van der Waals surface area (Å²) in [6.45, 7) is 1.79. The summed E-state index contributed by atoms with van der Waals surface area (Å²) in [6.07, 6.45) is 0.0232. The average molecular weight is 695 g/mol. The van der Waals surface area contributed by atoms with Gasteiger partial charge in [-0.15, -0.1) is 34.4 Å². The number of thiazole rings is 2. The summed E-state index contributed by atoms with van der Waals surface area (Å²) in [7, 11) is 1.27. The van der Waals surface area contributed by atoms with Gasteiger partial charge in [-0.2, -0.15) is 0 Å². The van der Waals surface area contributed by atoms with Gasteiger partial charge in [-0.25, -0.2) is 14.8 Å². The molecule has 0 bridgehead atoms. The fourth-order valence-corrected chi connectivity index (χ4v) is 8.65. The Kier molecular flexibility index (Phi) is 9.79. The zero-order chi connectivity index (χ0) is 31.5. The molecule has 1 fully saturated rings. The van der Waals surface area contributed by atoms with Gasteiger partial charge < -0.3 is 25.7 Å². The number of nitrogens with two attached hydrogens (primary N) is 1. The Morgan fingerprint density at radius 2 is 2.02 bits per heavy atom. The number of halogens is 1. The number of rotatable bonds is 11. The Labute approximate surface area is 271 Å². The molecule has 2 amide bonds. The predicted molar refractivity (Wildman–Crippen MR) is 168 cm³/mol. The van der Waals surface area contributed by atoms with E-state index in [1.807, 2.05) is 0 Å². The molecule has 4 heterocycles. The molecule has 0 unspecified atom stereocenters. The topological polar surface area (TPSA) is 186 Å². The Bertz CT molecular complexity index is 1690. The minimum Gasteiger partial charge on any atom is -0.477 e. The third-order valence-corrected chi connectivity index (χ3v) is 10.9. The third-order valence-electron chi connectivity index (χ3n) is 6.29. The summed E-state index contributed by atoms with van der Waals surface area (Å²) >= 11 is 11.0. The monoisotopic (exact) mass is 694 g/mol. The van der Waals surface area contributed by atoms with Crippen molar-refractivity contribution in [2.75, 3.05) is 24.3 Å². The van der Waals surface area contributed by atoms with Gasteiger partial charge in [0.05, 0.1) is 12.1 Å². The molecular weight excluding hydrogens is 672 g/mol. The minimum absolute atomic E-state index is 0.0232. The van der Waals surface area contributed by atoms with Crippen molar-refractivity contribution in [2.45, 2.75) is 29.1 Å². The van der Waals surface area contributed by atoms with Crippen LogP contribution in [0.25, 0.3) is 0 Å². The standard InChI is InChI=1S/C26H23ClN6O7S4/c1-11-16(7-17(34)40-14-5-3-13(27)4-6-14)44-26(29-11)43-9-12-8-41-23-19(22(36)33(23)20(12)24(37)38)31-21(35)18(32-39-2)15-10-42-25(28)30-15/h3-6,10,19,23H,7-9H2,1-2H3,(H2,28,30)(H,31,35)(H,37,38)/t19-,23+/m1/s1. The van der Waals surface area contributed by atoms with Crippen LogP contribution in [0.15, 0.2) is 50.4 Å². The molecule has 2 aliphatic heterocycles. The number of carbonyl (C=O) groups is 4. The molecule has 0 spiro atoms. The predicted octanol–water partition coefficient (Wildman–Crippen LogP) is 3.17. The van der Waals surface area contributed by atoms with Gasteiger partial charge in [0.25, 0.3) is 11.8 Å². The highest BCUT2D eigenvalue weighted by Crippen LogP contribution is 2.42. The van der Waals surface area contributed by atoms with E-state index in [9.17, 15) is 24.3 Å². The Balaban J connectivity index is 1.23. The van der Waals surface area contributed by atoms with Crippen LogP contribution in [0.4, 0.5) is 5.13 Å². The molecular formula is C26H23ClN6O7S4. The number of thioether (sulfide) groups is 2. The molecule has 4 N–H and O–H groups in total. The molecule has 2 atom stereocenters. The highest BCUT2D eigenvalue weighted by Gasteiger charge is 2.54. The summed E-state index contributed by atoms with van der Waals surface area (Å²) < 4.78 is 6.01. The second-order valence-corrected chi connectivity index (χ2v) is 13.9. The van der Waals surface area contributed by atoms with Crippen LogP contribution in [0.5, 0.6) is 5.75 Å². The fraction of sp³-hybridized carbons (Fsp3) is 0.269. The number of amides is 2. The number of aliphatic carboxylic acids is 1. The van der Waals surface area contributed by atoms with Crippen LogP contribution in [-0.2, 0) is 30.4 Å². The van der Waals surface area contributed by atoms with E-state index in [4.69, 9.17) is 26.9 Å². The van der Waals surface area contributed by atoms with Crippen molar-refractivity contribution in [3.05, 3.63) is 62.2 Å². The molecule has 0 aliphatic carbocycles. The number of hydrogen-bond donors (Lipinski definition) is 3. The number of β-lactam (4-membered cyclic amide) rings is 1. The number of carbonyl (C=O) groups excluding carboxylic acids is 3. The van der Waals surface area contributed by atoms with Gasteiger partial charge in [0.1, 0.15) is 35.7 Å². The van der Waals surface area contributed by atoms with Gasteiger partial charge in [0.15, 0.2) is 15.2 Å². The van der Waals surface area contributed by atoms with Crippen LogP contribution in [0.1, 0.15) is 16.3 Å². The van der Waals surface area contributed by atoms with Crippen molar-refractivity contribution in [3.63, 3.8) is 0 Å². The smallest absolute Gasteiger partial charge is 0.352 e. The highest BCUT2D eigenvalue weighted by atomic mass is 35.5. The first-order valence-corrected chi connectivity index (χ1v) is 16.7. The van der Waals surface area contributed by atoms with Crippen LogP contribution >= 0.6 is 57.8 Å². The van der Waals surface area contributed by atoms with Crippen LogP contribution in [0, 0.1) is 6.92 Å². The molecule has 3 aromatic rings. The van der Waals surface area contributed by atoms with Crippen molar-refractivity contribution in [1.29, 1.82) is 0 Å². The maximum Gasteiger partial charge on any atom is 0.352 e. The maximum absolute atomic E-state index is 13.1. The van der Waals surface area contributed by atoms with Crippen molar-refractivity contribution in [2.24, 2.45) is 5.16 Å². The van der Waals surface area contributed by atoms with Crippen LogP contribution < -0.4 is 15.8 Å². The summed E-state index contributed by atoms with van der Waals surface area (Å²) in [6, 6.07) is 5.49. The van der Waals surface area contributed by atoms with Gasteiger partial charge in [-0.1, -0.05) is 28.5 Å². The van der Waals surface area contributed by atoms with Gasteiger partial charge in [-0.3, -0.25) is 19.3 Å². The summed E-state index contributed by atoms with van der Waals surface area (Å²) in [5, 5.41) is 18.0. The Hall–Kier alpha value is -3.64. The lowest BCUT2D eigenvalue weighted by Gasteiger charge is -2.49. The summed E-state index contributed by atoms with van der Waals surface area (Å²) in [4.78, 5) is 66.0. The minimum atomic E-state index is -1.25. The lowest BCUT2D eigenvalue weighted by atomic mass is 10.0. The molecule has 13 nitrogen and oxygen atoms in total. The van der Waals surface area contributed by atoms with Gasteiger partial charge in [-0.05, 0) is 36.8 Å². The van der Waals surface area contributed by atoms with E-state index in [1.165, 1.54) is 52.3 Å². The molecule has 0 radical (unpaired) electrons. The van der Waals surface area contributed by atoms with E-state index < -0.39 is 35.2 Å². The Morgan fingerprint density at radius 3 is 2.68 bits per heavy atom. The van der Waals surface area contributed by atoms with Crippen molar-refractivity contribution in [3.8, 4) is 5.75 Å². The number of ether oxygens (including phenoxy) is 1. The van der Waals surface area contributed by atoms with Crippen LogP contribution in [0.3, 0.4) is 0 Å². The van der Waals surface area contributed by atoms with Crippen molar-refractivity contribution in [1.82, 2.24) is 20.2 Å². The van der Waals surface area contributed by atoms with Crippen molar-refractivity contribution >= 4 is 92.4 Å². The van der Waals surface area contributed by atoms with Crippen LogP contribution in [0.2, 0.25) is 5.02 Å². The van der Waals surface area contributed by atoms with E-state index in [1.54, 1.807) is 31.2 Å². The van der Waals surface area contributed by atoms with Gasteiger partial charge in [0.2, 0.25) is 0 Å². The first kappa shape index (κ1) is 31.8. The second-order valence-electron chi connectivity index (χ2n) is 9.19. The zero-order valence-corrected chi connectivity index (χ0v) is 27.0. The molecule has 1 aromatic carbocycles. The second kappa shape index (κ2) is 13.6. The molecule has 0 saturated carbocycles. The largest absolute Gasteiger partial charge is 0.477 e. The van der Waals surface area contributed by atoms with Crippen LogP contribution in [-0.4, -0.2) is 79.5 Å². The number of nitrogens with zero attached hydrogens (tertiary/aromatic N) is 4. The number of anilines is 1. The summed E-state index contributed by atoms with van der Waals surface area (Å²) in [5.74, 6) is -1.99. The molecule has 2 aliphatic rings. The number of hydrogen-bond acceptors (Lipinski definition) is 14. The number of esters is 1. The number of aryl methyl sites for hydroxylation is 1. The van der Waals surface area contributed by atoms with E-state index in [2.05, 4.69) is 20.4 Å². The Morgan fingerprint density at radius 1 is 1.27 bits per heavy atom. The zero-order valence-electron chi connectivity index (χ0n) is 22.9. The maximum atomic E-state index is 13.1. The number of oxime groups is 1. The fourth-order valence-electron chi connectivity index (χ4n) is 4.27. The SMILES string of the molecule is CON=C(C(=O)N[C@@H]1C(=O)N2C(C(=O)O)=C(CSc3nc(C)c(CC(=O)Oc4ccc(Cl)cc4)s3)CS[C@@H]12)c1csc(N)n1. The number of nitrogens with one attached hydrogen (secondary N) is 1. The highest BCUT2D eigenvalue weighted by molar-refractivity contribution is 8.01. The van der Waals surface area contributed by atoms with E-state index in [-0.39, 0.29) is 34.4 Å². The number of fused-ring (bicyclic) bond motifs is 1. The molecule has 230 valence electrons. The quantitative estimate of drug-likeness (QED) is 0.0666. The van der Waals surface area contributed by atoms with Crippen molar-refractivity contribution < 1.29 is 33.9 Å². The molecule has 1 saturated heterocycles. The molecule has 44 heavy (non-hydrogen) atoms. The molecule has 2 aromatic heterocycles. The summed E-state index contributed by atoms with van der Waals surface area (Å²) in [5.41, 5.74) is 6.79. The molecule has 18 heteroatoms. The normalized spacial score (nSPS) is 18.0. The first-order chi connectivity index (χ1) is 21.0. The number of benzene rings is 1. The first-order valence-electron chi connectivity index (χ1n) is 12.6. The number of carboxylic acid groups (broad SMARTS) is 1. The van der Waals surface area contributed by atoms with Gasteiger partial charge in [0, 0.05) is 26.8 Å². The molecule has 5 rings (SSSR count). The number of nitrogen functional groups attached to an aromatic ring is 1. The average Bonchev–Trinajstić information content (AvgIpc) is 3.57. The van der Waals surface area contributed by atoms with E-state index in [0.717, 1.165) is 16.2 Å². The lowest BCUT2D eigenvalue weighted by Crippen LogP contribution is -2.71. The number of aromatic nitrogens is 2. The van der Waals surface area contributed by atoms with E-state index >= 15 is 0 Å². The lowest BCUT2D eigenvalue weighted by molar-refractivity contribution is -0.150. The third kappa shape index (κ3) is 6.86. The van der Waals surface area contributed by atoms with E-state index in [0.29, 0.717) is 32.1 Å². The number of carboxylic acids is 1.